The molecule has 1 atom stereocenters. The Bertz CT molecular complexity index is 2080. The van der Waals surface area contributed by atoms with Gasteiger partial charge in [-0.25, -0.2) is 4.99 Å². The molecule has 316 valence electrons. The van der Waals surface area contributed by atoms with Crippen LogP contribution in [0.1, 0.15) is 61.8 Å². The first-order valence-electron chi connectivity index (χ1n) is 20.5. The molecule has 0 saturated heterocycles. The van der Waals surface area contributed by atoms with Gasteiger partial charge in [0.2, 0.25) is 5.91 Å². The van der Waals surface area contributed by atoms with Gasteiger partial charge >= 0.3 is 7.40 Å². The van der Waals surface area contributed by atoms with Crippen molar-refractivity contribution >= 4 is 48.4 Å². The molecule has 1 aliphatic heterocycles. The van der Waals surface area contributed by atoms with Crippen molar-refractivity contribution < 1.29 is 32.8 Å². The second kappa shape index (κ2) is 25.1. The van der Waals surface area contributed by atoms with Crippen molar-refractivity contribution in [3.63, 3.8) is 0 Å². The number of halogens is 2. The zero-order chi connectivity index (χ0) is 42.4. The Labute approximate surface area is 356 Å². The van der Waals surface area contributed by atoms with Crippen LogP contribution in [0, 0.1) is 0 Å². The maximum Gasteiger partial charge on any atom is 0.678 e. The van der Waals surface area contributed by atoms with E-state index in [4.69, 9.17) is 9.47 Å². The number of aromatic nitrogens is 1. The molecule has 0 aliphatic carbocycles. The van der Waals surface area contributed by atoms with Crippen molar-refractivity contribution in [1.29, 1.82) is 0 Å². The Kier molecular flexibility index (Phi) is 19.1. The van der Waals surface area contributed by atoms with Crippen molar-refractivity contribution in [3.05, 3.63) is 132 Å². The quantitative estimate of drug-likeness (QED) is 0.0273. The average Bonchev–Trinajstić information content (AvgIpc) is 4.04. The number of aliphatic hydroxyl groups excluding tert-OH is 1. The minimum absolute atomic E-state index is 0.0421. The maximum absolute atomic E-state index is 13.9. The average molecular weight is 838 g/mol. The van der Waals surface area contributed by atoms with Crippen LogP contribution in [0.4, 0.5) is 8.63 Å². The van der Waals surface area contributed by atoms with Crippen molar-refractivity contribution in [2.45, 2.75) is 57.5 Å². The highest BCUT2D eigenvalue weighted by atomic mass is 32.1. The summed E-state index contributed by atoms with van der Waals surface area (Å²) in [5.41, 5.74) is 4.09. The van der Waals surface area contributed by atoms with Gasteiger partial charge in [0.25, 0.3) is 5.91 Å². The molecule has 0 spiro atoms. The molecule has 0 fully saturated rings. The number of benzene rings is 2. The van der Waals surface area contributed by atoms with Crippen LogP contribution < -0.4 is 25.4 Å². The number of aliphatic imine (C=N–C) groups is 1. The van der Waals surface area contributed by atoms with Crippen LogP contribution in [0.5, 0.6) is 11.5 Å². The number of hydrogen-bond acceptors (Lipinski definition) is 8. The molecular weight excluding hydrogens is 783 g/mol. The lowest BCUT2D eigenvalue weighted by Gasteiger charge is -2.15. The minimum Gasteiger partial charge on any atom is -0.491 e. The zero-order valence-corrected chi connectivity index (χ0v) is 34.7. The van der Waals surface area contributed by atoms with Crippen LogP contribution in [0.25, 0.3) is 22.7 Å². The molecule has 10 nitrogen and oxygen atoms in total. The molecule has 4 aromatic rings. The fraction of sp³-hybridized carbons (Fsp3) is 0.326. The van der Waals surface area contributed by atoms with Gasteiger partial charge in [-0.1, -0.05) is 61.4 Å². The van der Waals surface area contributed by atoms with Crippen LogP contribution in [0.2, 0.25) is 0 Å². The number of para-hydroxylation sites is 1. The molecular formula is C46H54BF2N5O5S. The van der Waals surface area contributed by atoms with Crippen molar-refractivity contribution in [2.75, 3.05) is 39.4 Å². The number of carbonyl (C=O) groups is 2. The zero-order valence-electron chi connectivity index (χ0n) is 33.9. The van der Waals surface area contributed by atoms with E-state index >= 15 is 0 Å². The molecule has 0 saturated carbocycles. The first-order valence-corrected chi connectivity index (χ1v) is 21.3. The van der Waals surface area contributed by atoms with Gasteiger partial charge < -0.3 is 35.0 Å². The normalized spacial score (nSPS) is 13.4. The number of hydrogen-bond donors (Lipinski definition) is 4. The summed E-state index contributed by atoms with van der Waals surface area (Å²) < 4.78 is 40.3. The van der Waals surface area contributed by atoms with Crippen LogP contribution in [0.3, 0.4) is 0 Å². The number of carbonyl (C=O) groups excluding carboxylic acids is 2. The van der Waals surface area contributed by atoms with E-state index in [-0.39, 0.29) is 25.0 Å². The van der Waals surface area contributed by atoms with Crippen LogP contribution >= 0.6 is 11.3 Å². The van der Waals surface area contributed by atoms with E-state index in [1.807, 2.05) is 78.2 Å². The summed E-state index contributed by atoms with van der Waals surface area (Å²) in [7, 11) is -2.68. The van der Waals surface area contributed by atoms with Crippen LogP contribution in [0.15, 0.2) is 120 Å². The molecule has 2 amide bonds. The second-order valence-electron chi connectivity index (χ2n) is 14.2. The van der Waals surface area contributed by atoms with E-state index in [0.717, 1.165) is 77.7 Å². The number of nitrogens with one attached hydrogen (secondary N) is 3. The molecule has 0 bridgehead atoms. The molecule has 60 heavy (non-hydrogen) atoms. The Hall–Kier alpha value is -5.57. The van der Waals surface area contributed by atoms with E-state index in [2.05, 4.69) is 27.5 Å². The summed E-state index contributed by atoms with van der Waals surface area (Å²) in [5, 5.41) is 21.2. The van der Waals surface area contributed by atoms with E-state index in [1.54, 1.807) is 36.4 Å². The number of unbranched alkanes of at least 4 members (excludes halogenated alkanes) is 4. The molecule has 2 aromatic carbocycles. The highest BCUT2D eigenvalue weighted by Gasteiger charge is 2.24. The first-order chi connectivity index (χ1) is 29.3. The number of amides is 2. The van der Waals surface area contributed by atoms with Gasteiger partial charge in [0.1, 0.15) is 24.2 Å². The Morgan fingerprint density at radius 1 is 0.867 bits per heavy atom. The van der Waals surface area contributed by atoms with E-state index in [1.165, 1.54) is 11.3 Å². The van der Waals surface area contributed by atoms with Crippen LogP contribution in [-0.4, -0.2) is 80.0 Å². The van der Waals surface area contributed by atoms with Gasteiger partial charge in [0, 0.05) is 36.6 Å². The SMILES string of the molecule is C=CCc1ccccc1OC[C@@H](O)CNCCCCCNC(=O)CCCCCNC(=O)COc1ccc(/C=C/C2=NC(=C\c3ccc(-c4cccs4)n3B(F)F)/C=C2)cc1. The molecule has 0 radical (unpaired) electrons. The van der Waals surface area contributed by atoms with Gasteiger partial charge in [-0.15, -0.1) is 17.9 Å². The highest BCUT2D eigenvalue weighted by Crippen LogP contribution is 2.29. The van der Waals surface area contributed by atoms with Gasteiger partial charge in [0.15, 0.2) is 6.61 Å². The second-order valence-corrected chi connectivity index (χ2v) is 15.2. The van der Waals surface area contributed by atoms with Crippen molar-refractivity contribution in [1.82, 2.24) is 20.4 Å². The summed E-state index contributed by atoms with van der Waals surface area (Å²) in [5.74, 6) is 1.17. The Morgan fingerprint density at radius 3 is 2.40 bits per heavy atom. The summed E-state index contributed by atoms with van der Waals surface area (Å²) in [6.45, 7) is 6.29. The molecule has 5 rings (SSSR count). The van der Waals surface area contributed by atoms with Crippen molar-refractivity contribution in [2.24, 2.45) is 4.99 Å². The predicted molar refractivity (Wildman–Crippen MR) is 240 cm³/mol. The van der Waals surface area contributed by atoms with Gasteiger partial charge in [-0.05, 0) is 116 Å². The maximum atomic E-state index is 13.9. The Morgan fingerprint density at radius 2 is 1.63 bits per heavy atom. The van der Waals surface area contributed by atoms with Crippen molar-refractivity contribution in [3.8, 4) is 22.1 Å². The fourth-order valence-corrected chi connectivity index (χ4v) is 7.11. The third kappa shape index (κ3) is 15.6. The molecule has 4 N–H and O–H groups in total. The lowest BCUT2D eigenvalue weighted by molar-refractivity contribution is -0.123. The van der Waals surface area contributed by atoms with Crippen LogP contribution in [-0.2, 0) is 16.0 Å². The highest BCUT2D eigenvalue weighted by molar-refractivity contribution is 7.13. The summed E-state index contributed by atoms with van der Waals surface area (Å²) in [6, 6.07) is 22.1. The largest absolute Gasteiger partial charge is 0.678 e. The standard InChI is InChI=1S/C46H54BF2N5O5S/c1-2-12-36-13-6-7-14-43(36)59-33-40(55)32-50-27-8-4-10-28-51-45(56)16-5-3-9-29-52-46(57)34-58-41-24-18-35(19-25-41)17-20-37-21-22-38(53-37)31-39-23-26-42(54(39)47(48)49)44-15-11-30-60-44/h2,6-7,11,13-15,17-26,30-31,40,50,55H,1,3-5,8-10,12,16,27-29,32-34H2,(H,51,56)(H,52,57)/b20-17+,38-31-/t40-/m0/s1. The smallest absolute Gasteiger partial charge is 0.491 e. The lowest BCUT2D eigenvalue weighted by atomic mass is 10.1. The first kappa shape index (κ1) is 45.5. The summed E-state index contributed by atoms with van der Waals surface area (Å²) in [6.07, 6.45) is 16.6. The number of aliphatic hydroxyl groups is 1. The lowest BCUT2D eigenvalue weighted by Crippen LogP contribution is -2.32. The van der Waals surface area contributed by atoms with Gasteiger partial charge in [-0.3, -0.25) is 18.2 Å². The summed E-state index contributed by atoms with van der Waals surface area (Å²) >= 11 is 1.42. The topological polar surface area (TPSA) is 126 Å². The summed E-state index contributed by atoms with van der Waals surface area (Å²) in [4.78, 5) is 29.8. The minimum atomic E-state index is -2.68. The third-order valence-corrected chi connectivity index (χ3v) is 10.4. The molecule has 3 heterocycles. The van der Waals surface area contributed by atoms with E-state index < -0.39 is 13.5 Å². The number of thiophene rings is 1. The third-order valence-electron chi connectivity index (χ3n) is 9.50. The number of nitrogens with zero attached hydrogens (tertiary/aromatic N) is 2. The van der Waals surface area contributed by atoms with Gasteiger partial charge in [-0.2, -0.15) is 0 Å². The number of rotatable bonds is 27. The fourth-order valence-electron chi connectivity index (χ4n) is 6.37. The number of allylic oxidation sites excluding steroid dienone is 4. The molecule has 0 unspecified atom stereocenters. The molecule has 1 aliphatic rings. The number of ether oxygens (including phenoxy) is 2. The molecule has 2 aromatic heterocycles. The van der Waals surface area contributed by atoms with E-state index in [0.29, 0.717) is 54.6 Å². The molecule has 14 heteroatoms. The Balaban J connectivity index is 0.855. The predicted octanol–water partition coefficient (Wildman–Crippen LogP) is 8.15. The monoisotopic (exact) mass is 837 g/mol. The van der Waals surface area contributed by atoms with E-state index in [9.17, 15) is 23.3 Å². The van der Waals surface area contributed by atoms with Gasteiger partial charge in [0.05, 0.1) is 17.1 Å².